The zero-order valence-corrected chi connectivity index (χ0v) is 17.6. The minimum absolute atomic E-state index is 0.0427. The first-order valence-electron chi connectivity index (χ1n) is 8.90. The van der Waals surface area contributed by atoms with Crippen molar-refractivity contribution >= 4 is 50.0 Å². The molecule has 2 atom stereocenters. The van der Waals surface area contributed by atoms with Crippen molar-refractivity contribution in [2.45, 2.75) is 24.6 Å². The van der Waals surface area contributed by atoms with E-state index in [0.717, 1.165) is 11.1 Å². The van der Waals surface area contributed by atoms with Crippen LogP contribution in [0.3, 0.4) is 0 Å². The second-order valence-electron chi connectivity index (χ2n) is 7.07. The first-order chi connectivity index (χ1) is 13.3. The van der Waals surface area contributed by atoms with Gasteiger partial charge >= 0.3 is 0 Å². The van der Waals surface area contributed by atoms with Gasteiger partial charge in [0.15, 0.2) is 15.0 Å². The van der Waals surface area contributed by atoms with E-state index in [1.54, 1.807) is 6.07 Å². The van der Waals surface area contributed by atoms with Crippen LogP contribution in [0.2, 0.25) is 5.02 Å². The molecular weight excluding hydrogens is 416 g/mol. The van der Waals surface area contributed by atoms with E-state index in [4.69, 9.17) is 11.6 Å². The molecule has 0 aromatic heterocycles. The van der Waals surface area contributed by atoms with Gasteiger partial charge < -0.3 is 4.90 Å². The molecule has 2 unspecified atom stereocenters. The number of hydrogen-bond donors (Lipinski definition) is 0. The van der Waals surface area contributed by atoms with Gasteiger partial charge in [-0.1, -0.05) is 65.3 Å². The predicted octanol–water partition coefficient (Wildman–Crippen LogP) is 3.49. The minimum Gasteiger partial charge on any atom is -0.314 e. The standard InChI is InChI=1S/C20H19ClN2O3S2/c1-13-6-8-14(9-7-13)10-19(24)22-20-23(16-5-3-2-4-15(16)21)17-11-28(25,26)12-18(17)27-20/h2-9,17-18H,10-12H2,1H3. The van der Waals surface area contributed by atoms with Crippen LogP contribution in [0.5, 0.6) is 0 Å². The summed E-state index contributed by atoms with van der Waals surface area (Å²) in [6.45, 7) is 2.00. The normalized spacial score (nSPS) is 24.5. The Morgan fingerprint density at radius 3 is 2.61 bits per heavy atom. The van der Waals surface area contributed by atoms with Gasteiger partial charge in [0.05, 0.1) is 34.7 Å². The van der Waals surface area contributed by atoms with Crippen LogP contribution in [0.25, 0.3) is 0 Å². The van der Waals surface area contributed by atoms with Crippen molar-refractivity contribution in [3.63, 3.8) is 0 Å². The van der Waals surface area contributed by atoms with Crippen LogP contribution in [-0.4, -0.2) is 42.3 Å². The lowest BCUT2D eigenvalue weighted by atomic mass is 10.1. The number of benzene rings is 2. The summed E-state index contributed by atoms with van der Waals surface area (Å²) in [5.74, 6) is -0.124. The minimum atomic E-state index is -3.11. The third-order valence-electron chi connectivity index (χ3n) is 4.87. The number of hydrogen-bond acceptors (Lipinski definition) is 4. The molecule has 0 bridgehead atoms. The fourth-order valence-corrected chi connectivity index (χ4v) is 7.67. The molecule has 5 nitrogen and oxygen atoms in total. The first kappa shape index (κ1) is 19.5. The Labute approximate surface area is 173 Å². The number of para-hydroxylation sites is 1. The Hall–Kier alpha value is -1.83. The second kappa shape index (κ2) is 7.54. The van der Waals surface area contributed by atoms with Crippen molar-refractivity contribution in [3.8, 4) is 0 Å². The van der Waals surface area contributed by atoms with Gasteiger partial charge in [-0.15, -0.1) is 0 Å². The maximum Gasteiger partial charge on any atom is 0.252 e. The van der Waals surface area contributed by atoms with Crippen LogP contribution in [0.15, 0.2) is 53.5 Å². The molecule has 2 aliphatic rings. The zero-order valence-electron chi connectivity index (χ0n) is 15.2. The summed E-state index contributed by atoms with van der Waals surface area (Å²) in [4.78, 5) is 18.7. The SMILES string of the molecule is Cc1ccc(CC(=O)N=C2SC3CS(=O)(=O)CC3N2c2ccccc2Cl)cc1. The summed E-state index contributed by atoms with van der Waals surface area (Å²) in [6.07, 6.45) is 0.203. The molecule has 28 heavy (non-hydrogen) atoms. The van der Waals surface area contributed by atoms with Gasteiger partial charge in [-0.05, 0) is 24.6 Å². The molecule has 0 N–H and O–H groups in total. The van der Waals surface area contributed by atoms with E-state index in [1.807, 2.05) is 54.3 Å². The van der Waals surface area contributed by atoms with Gasteiger partial charge in [0.25, 0.3) is 5.91 Å². The predicted molar refractivity (Wildman–Crippen MR) is 115 cm³/mol. The molecule has 8 heteroatoms. The van der Waals surface area contributed by atoms with Crippen LogP contribution < -0.4 is 4.90 Å². The maximum atomic E-state index is 12.6. The smallest absolute Gasteiger partial charge is 0.252 e. The van der Waals surface area contributed by atoms with Gasteiger partial charge in [-0.2, -0.15) is 4.99 Å². The molecule has 2 aliphatic heterocycles. The third kappa shape index (κ3) is 3.97. The van der Waals surface area contributed by atoms with E-state index in [9.17, 15) is 13.2 Å². The molecule has 0 spiro atoms. The highest BCUT2D eigenvalue weighted by molar-refractivity contribution is 8.16. The van der Waals surface area contributed by atoms with E-state index < -0.39 is 9.84 Å². The summed E-state index contributed by atoms with van der Waals surface area (Å²) in [6, 6.07) is 14.7. The molecule has 2 heterocycles. The number of nitrogens with zero attached hydrogens (tertiary/aromatic N) is 2. The molecule has 0 radical (unpaired) electrons. The van der Waals surface area contributed by atoms with Gasteiger partial charge in [0, 0.05) is 5.25 Å². The quantitative estimate of drug-likeness (QED) is 0.739. The Balaban J connectivity index is 1.65. The van der Waals surface area contributed by atoms with E-state index in [0.29, 0.717) is 15.9 Å². The van der Waals surface area contributed by atoms with Crippen molar-refractivity contribution in [2.24, 2.45) is 4.99 Å². The number of anilines is 1. The van der Waals surface area contributed by atoms with Crippen LogP contribution in [0, 0.1) is 6.92 Å². The van der Waals surface area contributed by atoms with Crippen LogP contribution in [0.1, 0.15) is 11.1 Å². The lowest BCUT2D eigenvalue weighted by Crippen LogP contribution is -2.38. The fraction of sp³-hybridized carbons (Fsp3) is 0.300. The van der Waals surface area contributed by atoms with Crippen molar-refractivity contribution < 1.29 is 13.2 Å². The van der Waals surface area contributed by atoms with Crippen LogP contribution >= 0.6 is 23.4 Å². The Morgan fingerprint density at radius 1 is 1.18 bits per heavy atom. The number of thioether (sulfide) groups is 1. The Bertz CT molecular complexity index is 1050. The molecule has 2 saturated heterocycles. The number of aryl methyl sites for hydroxylation is 1. The Kier molecular flexibility index (Phi) is 5.24. The van der Waals surface area contributed by atoms with Crippen LogP contribution in [0.4, 0.5) is 5.69 Å². The molecular formula is C20H19ClN2O3S2. The number of aliphatic imine (C=N–C) groups is 1. The number of halogens is 1. The first-order valence-corrected chi connectivity index (χ1v) is 12.0. The molecule has 2 aromatic carbocycles. The van der Waals surface area contributed by atoms with E-state index in [-0.39, 0.29) is 35.1 Å². The van der Waals surface area contributed by atoms with Crippen molar-refractivity contribution in [2.75, 3.05) is 16.4 Å². The molecule has 0 saturated carbocycles. The van der Waals surface area contributed by atoms with E-state index in [1.165, 1.54) is 11.8 Å². The summed E-state index contributed by atoms with van der Waals surface area (Å²) < 4.78 is 24.2. The van der Waals surface area contributed by atoms with Crippen molar-refractivity contribution in [3.05, 3.63) is 64.7 Å². The molecule has 2 fully saturated rings. The number of amidine groups is 1. The van der Waals surface area contributed by atoms with Gasteiger partial charge in [0.1, 0.15) is 0 Å². The third-order valence-corrected chi connectivity index (χ3v) is 8.40. The lowest BCUT2D eigenvalue weighted by Gasteiger charge is -2.25. The fourth-order valence-electron chi connectivity index (χ4n) is 3.52. The highest BCUT2D eigenvalue weighted by Gasteiger charge is 2.49. The van der Waals surface area contributed by atoms with Crippen LogP contribution in [-0.2, 0) is 21.1 Å². The number of rotatable bonds is 3. The second-order valence-corrected chi connectivity index (χ2v) is 10.8. The largest absolute Gasteiger partial charge is 0.314 e. The molecule has 146 valence electrons. The molecule has 1 amide bonds. The number of sulfone groups is 1. The summed E-state index contributed by atoms with van der Waals surface area (Å²) in [5, 5.41) is 0.883. The van der Waals surface area contributed by atoms with Crippen molar-refractivity contribution in [1.29, 1.82) is 0 Å². The highest BCUT2D eigenvalue weighted by atomic mass is 35.5. The molecule has 4 rings (SSSR count). The lowest BCUT2D eigenvalue weighted by molar-refractivity contribution is -0.117. The average Bonchev–Trinajstić information content (AvgIpc) is 3.08. The van der Waals surface area contributed by atoms with E-state index >= 15 is 0 Å². The van der Waals surface area contributed by atoms with Gasteiger partial charge in [0.2, 0.25) is 0 Å². The number of fused-ring (bicyclic) bond motifs is 1. The zero-order chi connectivity index (χ0) is 19.9. The number of amides is 1. The number of carbonyl (C=O) groups is 1. The van der Waals surface area contributed by atoms with Crippen molar-refractivity contribution in [1.82, 2.24) is 0 Å². The average molecular weight is 435 g/mol. The topological polar surface area (TPSA) is 66.8 Å². The summed E-state index contributed by atoms with van der Waals surface area (Å²) in [5.41, 5.74) is 2.71. The monoisotopic (exact) mass is 434 g/mol. The molecule has 0 aliphatic carbocycles. The number of carbonyl (C=O) groups excluding carboxylic acids is 1. The Morgan fingerprint density at radius 2 is 1.89 bits per heavy atom. The summed E-state index contributed by atoms with van der Waals surface area (Å²) in [7, 11) is -3.11. The highest BCUT2D eigenvalue weighted by Crippen LogP contribution is 2.42. The van der Waals surface area contributed by atoms with Gasteiger partial charge in [-0.25, -0.2) is 8.42 Å². The summed E-state index contributed by atoms with van der Waals surface area (Å²) >= 11 is 7.73. The molecule has 2 aromatic rings. The van der Waals surface area contributed by atoms with E-state index in [2.05, 4.69) is 4.99 Å². The maximum absolute atomic E-state index is 12.6. The van der Waals surface area contributed by atoms with Gasteiger partial charge in [-0.3, -0.25) is 4.79 Å².